The highest BCUT2D eigenvalue weighted by Crippen LogP contribution is 2.42. The van der Waals surface area contributed by atoms with Crippen LogP contribution < -0.4 is 4.90 Å². The van der Waals surface area contributed by atoms with Crippen LogP contribution in [0.25, 0.3) is 0 Å². The topological polar surface area (TPSA) is 37.4 Å². The van der Waals surface area contributed by atoms with Gasteiger partial charge in [-0.15, -0.1) is 0 Å². The lowest BCUT2D eigenvalue weighted by Gasteiger charge is -2.24. The van der Waals surface area contributed by atoms with Crippen LogP contribution in [0.2, 0.25) is 0 Å². The fourth-order valence-electron chi connectivity index (χ4n) is 2.66. The van der Waals surface area contributed by atoms with Gasteiger partial charge in [0, 0.05) is 10.9 Å². The first-order chi connectivity index (χ1) is 8.95. The Bertz CT molecular complexity index is 535. The van der Waals surface area contributed by atoms with Crippen LogP contribution in [0.3, 0.4) is 0 Å². The zero-order valence-corrected chi connectivity index (χ0v) is 13.1. The van der Waals surface area contributed by atoms with E-state index in [4.69, 9.17) is 0 Å². The van der Waals surface area contributed by atoms with Crippen LogP contribution in [0.5, 0.6) is 0 Å². The van der Waals surface area contributed by atoms with E-state index < -0.39 is 5.41 Å². The quantitative estimate of drug-likeness (QED) is 0.793. The summed E-state index contributed by atoms with van der Waals surface area (Å²) in [6.07, 6.45) is 1.74. The molecule has 1 aliphatic rings. The summed E-state index contributed by atoms with van der Waals surface area (Å²) in [7, 11) is 0. The number of aryl methyl sites for hydroxylation is 1. The normalized spacial score (nSPS) is 18.2. The van der Waals surface area contributed by atoms with Crippen LogP contribution in [-0.2, 0) is 9.59 Å². The second-order valence-electron chi connectivity index (χ2n) is 5.13. The molecule has 1 aliphatic heterocycles. The van der Waals surface area contributed by atoms with Gasteiger partial charge in [-0.25, -0.2) is 4.90 Å². The Morgan fingerprint density at radius 1 is 1.26 bits per heavy atom. The Hall–Kier alpha value is -1.16. The predicted molar refractivity (Wildman–Crippen MR) is 79.0 cm³/mol. The summed E-state index contributed by atoms with van der Waals surface area (Å²) in [5.41, 5.74) is 1.13. The maximum Gasteiger partial charge on any atom is 0.240 e. The van der Waals surface area contributed by atoms with Gasteiger partial charge in [-0.3, -0.25) is 9.59 Å². The molecule has 3 nitrogen and oxygen atoms in total. The van der Waals surface area contributed by atoms with E-state index in [0.29, 0.717) is 24.9 Å². The maximum atomic E-state index is 12.7. The van der Waals surface area contributed by atoms with E-state index in [1.807, 2.05) is 39.0 Å². The monoisotopic (exact) mass is 323 g/mol. The molecule has 1 fully saturated rings. The van der Waals surface area contributed by atoms with Gasteiger partial charge in [-0.2, -0.15) is 0 Å². The van der Waals surface area contributed by atoms with Crippen LogP contribution in [-0.4, -0.2) is 11.8 Å². The molecule has 1 saturated heterocycles. The van der Waals surface area contributed by atoms with Gasteiger partial charge < -0.3 is 0 Å². The molecule has 4 heteroatoms. The standard InChI is InChI=1S/C15H18BrNO2/c1-4-15(5-2)9-13(18)17(14(15)19)12-8-11(16)7-6-10(12)3/h6-8H,4-5,9H2,1-3H3. The average molecular weight is 324 g/mol. The summed E-state index contributed by atoms with van der Waals surface area (Å²) in [4.78, 5) is 26.3. The minimum Gasteiger partial charge on any atom is -0.274 e. The van der Waals surface area contributed by atoms with Gasteiger partial charge in [0.15, 0.2) is 0 Å². The van der Waals surface area contributed by atoms with E-state index >= 15 is 0 Å². The minimum atomic E-state index is -0.508. The third-order valence-corrected chi connectivity index (χ3v) is 4.65. The van der Waals surface area contributed by atoms with Crippen molar-refractivity contribution in [2.24, 2.45) is 5.41 Å². The van der Waals surface area contributed by atoms with Crippen LogP contribution >= 0.6 is 15.9 Å². The van der Waals surface area contributed by atoms with Crippen molar-refractivity contribution < 1.29 is 9.59 Å². The van der Waals surface area contributed by atoms with Gasteiger partial charge >= 0.3 is 0 Å². The second-order valence-corrected chi connectivity index (χ2v) is 6.04. The number of nitrogens with zero attached hydrogens (tertiary/aromatic N) is 1. The van der Waals surface area contributed by atoms with Crippen molar-refractivity contribution in [2.45, 2.75) is 40.0 Å². The van der Waals surface area contributed by atoms with Gasteiger partial charge in [0.05, 0.1) is 11.1 Å². The largest absolute Gasteiger partial charge is 0.274 e. The van der Waals surface area contributed by atoms with Crippen molar-refractivity contribution in [1.29, 1.82) is 0 Å². The Morgan fingerprint density at radius 2 is 1.89 bits per heavy atom. The lowest BCUT2D eigenvalue weighted by molar-refractivity contribution is -0.126. The lowest BCUT2D eigenvalue weighted by Crippen LogP contribution is -2.35. The van der Waals surface area contributed by atoms with E-state index in [-0.39, 0.29) is 11.8 Å². The Morgan fingerprint density at radius 3 is 2.42 bits per heavy atom. The molecule has 2 amide bonds. The molecule has 0 unspecified atom stereocenters. The highest BCUT2D eigenvalue weighted by molar-refractivity contribution is 9.10. The minimum absolute atomic E-state index is 0.0521. The van der Waals surface area contributed by atoms with Gasteiger partial charge in [0.2, 0.25) is 11.8 Å². The zero-order valence-electron chi connectivity index (χ0n) is 11.5. The highest BCUT2D eigenvalue weighted by Gasteiger charge is 2.49. The average Bonchev–Trinajstić information content (AvgIpc) is 2.64. The molecule has 102 valence electrons. The second kappa shape index (κ2) is 5.08. The highest BCUT2D eigenvalue weighted by atomic mass is 79.9. The SMILES string of the molecule is CCC1(CC)CC(=O)N(c2cc(Br)ccc2C)C1=O. The van der Waals surface area contributed by atoms with Crippen molar-refractivity contribution in [3.8, 4) is 0 Å². The number of carbonyl (C=O) groups is 2. The Kier molecular flexibility index (Phi) is 3.81. The van der Waals surface area contributed by atoms with Crippen LogP contribution in [0, 0.1) is 12.3 Å². The maximum absolute atomic E-state index is 12.7. The lowest BCUT2D eigenvalue weighted by atomic mass is 9.81. The van der Waals surface area contributed by atoms with Gasteiger partial charge in [-0.05, 0) is 37.5 Å². The number of imide groups is 1. The van der Waals surface area contributed by atoms with Crippen LogP contribution in [0.15, 0.2) is 22.7 Å². The number of hydrogen-bond acceptors (Lipinski definition) is 2. The van der Waals surface area contributed by atoms with E-state index in [9.17, 15) is 9.59 Å². The number of halogens is 1. The van der Waals surface area contributed by atoms with Crippen molar-refractivity contribution in [2.75, 3.05) is 4.90 Å². The molecule has 0 bridgehead atoms. The van der Waals surface area contributed by atoms with E-state index in [1.54, 1.807) is 0 Å². The Labute approximate surface area is 122 Å². The number of benzene rings is 1. The molecule has 0 aromatic heterocycles. The summed E-state index contributed by atoms with van der Waals surface area (Å²) >= 11 is 3.40. The first-order valence-electron chi connectivity index (χ1n) is 6.58. The molecule has 0 spiro atoms. The molecule has 1 heterocycles. The van der Waals surface area contributed by atoms with Crippen molar-refractivity contribution in [3.63, 3.8) is 0 Å². The molecule has 19 heavy (non-hydrogen) atoms. The van der Waals surface area contributed by atoms with E-state index in [1.165, 1.54) is 4.90 Å². The molecule has 0 atom stereocenters. The third-order valence-electron chi connectivity index (χ3n) is 4.16. The van der Waals surface area contributed by atoms with Crippen molar-refractivity contribution in [3.05, 3.63) is 28.2 Å². The first kappa shape index (κ1) is 14.3. The molecule has 0 aliphatic carbocycles. The first-order valence-corrected chi connectivity index (χ1v) is 7.38. The number of carbonyl (C=O) groups excluding carboxylic acids is 2. The van der Waals surface area contributed by atoms with Gasteiger partial charge in [-0.1, -0.05) is 35.8 Å². The zero-order chi connectivity index (χ0) is 14.2. The number of rotatable bonds is 3. The summed E-state index contributed by atoms with van der Waals surface area (Å²) in [6.45, 7) is 5.87. The molecular weight excluding hydrogens is 306 g/mol. The summed E-state index contributed by atoms with van der Waals surface area (Å²) < 4.78 is 0.874. The van der Waals surface area contributed by atoms with Crippen LogP contribution in [0.4, 0.5) is 5.69 Å². The van der Waals surface area contributed by atoms with Crippen molar-refractivity contribution >= 4 is 33.4 Å². The number of amides is 2. The molecule has 2 rings (SSSR count). The summed E-state index contributed by atoms with van der Waals surface area (Å²) in [6, 6.07) is 5.67. The molecule has 0 N–H and O–H groups in total. The number of anilines is 1. The molecule has 0 radical (unpaired) electrons. The van der Waals surface area contributed by atoms with E-state index in [2.05, 4.69) is 15.9 Å². The fourth-order valence-corrected chi connectivity index (χ4v) is 3.01. The molecule has 0 saturated carbocycles. The molecule has 1 aromatic carbocycles. The smallest absolute Gasteiger partial charge is 0.240 e. The third kappa shape index (κ3) is 2.22. The molecule has 1 aromatic rings. The van der Waals surface area contributed by atoms with Crippen LogP contribution in [0.1, 0.15) is 38.7 Å². The van der Waals surface area contributed by atoms with Gasteiger partial charge in [0.1, 0.15) is 0 Å². The van der Waals surface area contributed by atoms with Gasteiger partial charge in [0.25, 0.3) is 0 Å². The van der Waals surface area contributed by atoms with E-state index in [0.717, 1.165) is 10.0 Å². The predicted octanol–water partition coefficient (Wildman–Crippen LogP) is 3.83. The fraction of sp³-hybridized carbons (Fsp3) is 0.467. The summed E-state index contributed by atoms with van der Waals surface area (Å²) in [5, 5.41) is 0. The molecular formula is C15H18BrNO2. The van der Waals surface area contributed by atoms with Crippen molar-refractivity contribution in [1.82, 2.24) is 0 Å². The summed E-state index contributed by atoms with van der Waals surface area (Å²) in [5.74, 6) is -0.140. The Balaban J connectivity index is 2.49. The number of hydrogen-bond donors (Lipinski definition) is 0.